The lowest BCUT2D eigenvalue weighted by Gasteiger charge is -2.01. The first-order chi connectivity index (χ1) is 6.31. The Balaban J connectivity index is 3.00. The Morgan fingerprint density at radius 3 is 2.62 bits per heavy atom. The maximum atomic E-state index is 10.5. The zero-order valence-electron chi connectivity index (χ0n) is 7.99. The first-order valence-corrected chi connectivity index (χ1v) is 4.40. The van der Waals surface area contributed by atoms with Crippen molar-refractivity contribution >= 4 is 5.91 Å². The molecule has 0 bridgehead atoms. The molecular weight excluding hydrogens is 170 g/mol. The van der Waals surface area contributed by atoms with Gasteiger partial charge >= 0.3 is 5.91 Å². The summed E-state index contributed by atoms with van der Waals surface area (Å²) in [5, 5.41) is 0. The third kappa shape index (κ3) is 8.99. The highest BCUT2D eigenvalue weighted by Crippen LogP contribution is 1.88. The molecule has 1 amide bonds. The molecule has 0 unspecified atom stereocenters. The monoisotopic (exact) mass is 186 g/mol. The first kappa shape index (κ1) is 12.1. The van der Waals surface area contributed by atoms with Gasteiger partial charge in [0, 0.05) is 11.5 Å². The zero-order chi connectivity index (χ0) is 9.94. The third-order valence-electron chi connectivity index (χ3n) is 1.38. The molecule has 0 fully saturated rings. The molecule has 13 heavy (non-hydrogen) atoms. The molecule has 4 nitrogen and oxygen atoms in total. The lowest BCUT2D eigenvalue weighted by molar-refractivity contribution is -0.119. The smallest absolute Gasteiger partial charge is 0.379 e. The fraction of sp³-hybridized carbons (Fsp3) is 0.778. The number of carbonyl (C=O) groups is 1. The molecule has 0 N–H and O–H groups in total. The van der Waals surface area contributed by atoms with Gasteiger partial charge in [-0.15, -0.1) is 0 Å². The van der Waals surface area contributed by atoms with Gasteiger partial charge in [-0.1, -0.05) is 13.3 Å². The van der Waals surface area contributed by atoms with Crippen LogP contribution in [0, 0.1) is 6.57 Å². The van der Waals surface area contributed by atoms with Crippen molar-refractivity contribution in [3.8, 4) is 6.57 Å². The summed E-state index contributed by atoms with van der Waals surface area (Å²) < 4.78 is 10.1. The van der Waals surface area contributed by atoms with Crippen molar-refractivity contribution in [2.24, 2.45) is 0 Å². The van der Waals surface area contributed by atoms with Crippen molar-refractivity contribution in [2.75, 3.05) is 26.4 Å². The van der Waals surface area contributed by atoms with Gasteiger partial charge in [-0.3, -0.25) is 0 Å². The SMILES string of the molecule is C#[N+]C(=O)COCCOCCCC. The summed E-state index contributed by atoms with van der Waals surface area (Å²) in [6.45, 7) is 8.42. The number of ether oxygens (including phenoxy) is 2. The second kappa shape index (κ2) is 9.17. The quantitative estimate of drug-likeness (QED) is 0.536. The van der Waals surface area contributed by atoms with Gasteiger partial charge in [-0.2, -0.15) is 4.79 Å². The average Bonchev–Trinajstić information content (AvgIpc) is 2.16. The van der Waals surface area contributed by atoms with Crippen LogP contribution in [0.15, 0.2) is 0 Å². The minimum absolute atomic E-state index is 0.0619. The molecule has 0 aromatic heterocycles. The second-order valence-electron chi connectivity index (χ2n) is 2.54. The summed E-state index contributed by atoms with van der Waals surface area (Å²) in [5.41, 5.74) is 0. The average molecular weight is 186 g/mol. The number of hydrogen-bond donors (Lipinski definition) is 0. The Labute approximate surface area is 78.6 Å². The molecule has 0 aliphatic carbocycles. The fourth-order valence-corrected chi connectivity index (χ4v) is 0.663. The van der Waals surface area contributed by atoms with E-state index < -0.39 is 5.91 Å². The van der Waals surface area contributed by atoms with Crippen molar-refractivity contribution in [2.45, 2.75) is 19.8 Å². The topological polar surface area (TPSA) is 39.9 Å². The number of hydrogen-bond acceptors (Lipinski definition) is 3. The largest absolute Gasteiger partial charge is 0.540 e. The van der Waals surface area contributed by atoms with Gasteiger partial charge in [-0.05, 0) is 6.42 Å². The van der Waals surface area contributed by atoms with E-state index in [1.54, 1.807) is 0 Å². The van der Waals surface area contributed by atoms with Crippen molar-refractivity contribution in [1.82, 2.24) is 0 Å². The van der Waals surface area contributed by atoms with Gasteiger partial charge < -0.3 is 9.47 Å². The Morgan fingerprint density at radius 2 is 2.00 bits per heavy atom. The molecule has 0 rings (SSSR count). The van der Waals surface area contributed by atoms with Crippen LogP contribution >= 0.6 is 0 Å². The second-order valence-corrected chi connectivity index (χ2v) is 2.54. The van der Waals surface area contributed by atoms with E-state index in [0.717, 1.165) is 19.4 Å². The summed E-state index contributed by atoms with van der Waals surface area (Å²) in [6.07, 6.45) is 2.17. The van der Waals surface area contributed by atoms with Crippen LogP contribution in [0.25, 0.3) is 4.85 Å². The molecule has 0 spiro atoms. The van der Waals surface area contributed by atoms with Crippen LogP contribution in [-0.4, -0.2) is 32.3 Å². The molecule has 0 radical (unpaired) electrons. The highest BCUT2D eigenvalue weighted by atomic mass is 16.5. The number of nitrogens with zero attached hydrogens (tertiary/aromatic N) is 1. The summed E-state index contributed by atoms with van der Waals surface area (Å²) in [6, 6.07) is 0. The van der Waals surface area contributed by atoms with E-state index in [0.29, 0.717) is 13.2 Å². The maximum absolute atomic E-state index is 10.5. The van der Waals surface area contributed by atoms with Gasteiger partial charge in [0.15, 0.2) is 6.61 Å². The first-order valence-electron chi connectivity index (χ1n) is 4.40. The molecule has 0 aromatic rings. The van der Waals surface area contributed by atoms with E-state index >= 15 is 0 Å². The van der Waals surface area contributed by atoms with Crippen LogP contribution in [0.3, 0.4) is 0 Å². The predicted molar refractivity (Wildman–Crippen MR) is 49.9 cm³/mol. The highest BCUT2D eigenvalue weighted by molar-refractivity contribution is 5.87. The zero-order valence-corrected chi connectivity index (χ0v) is 7.99. The van der Waals surface area contributed by atoms with Gasteiger partial charge in [0.05, 0.1) is 13.2 Å². The standard InChI is InChI=1S/C9H16NO3/c1-3-4-5-12-6-7-13-8-9(11)10-2/h2H,3-8H2,1H3/q+1. The van der Waals surface area contributed by atoms with Crippen LogP contribution in [0.5, 0.6) is 0 Å². The molecular formula is C9H16NO3+. The molecule has 0 saturated heterocycles. The number of unbranched alkanes of at least 4 members (excludes halogenated alkanes) is 1. The van der Waals surface area contributed by atoms with Crippen molar-refractivity contribution in [1.29, 1.82) is 0 Å². The van der Waals surface area contributed by atoms with Crippen molar-refractivity contribution in [3.05, 3.63) is 4.85 Å². The van der Waals surface area contributed by atoms with Gasteiger partial charge in [0.2, 0.25) is 0 Å². The lowest BCUT2D eigenvalue weighted by Crippen LogP contribution is -2.09. The lowest BCUT2D eigenvalue weighted by atomic mass is 10.4. The van der Waals surface area contributed by atoms with Gasteiger partial charge in [0.25, 0.3) is 6.57 Å². The van der Waals surface area contributed by atoms with Crippen LogP contribution in [0.2, 0.25) is 0 Å². The van der Waals surface area contributed by atoms with E-state index in [9.17, 15) is 4.79 Å². The van der Waals surface area contributed by atoms with E-state index in [2.05, 4.69) is 11.8 Å². The van der Waals surface area contributed by atoms with Gasteiger partial charge in [0.1, 0.15) is 0 Å². The molecule has 0 aromatic carbocycles. The molecule has 0 aliphatic rings. The Kier molecular flexibility index (Phi) is 8.52. The number of carbonyl (C=O) groups excluding carboxylic acids is 1. The Hall–Kier alpha value is -0.920. The van der Waals surface area contributed by atoms with E-state index in [-0.39, 0.29) is 6.61 Å². The Morgan fingerprint density at radius 1 is 1.31 bits per heavy atom. The fourth-order valence-electron chi connectivity index (χ4n) is 0.663. The van der Waals surface area contributed by atoms with Crippen LogP contribution in [-0.2, 0) is 14.3 Å². The number of rotatable bonds is 8. The van der Waals surface area contributed by atoms with Crippen molar-refractivity contribution in [3.63, 3.8) is 0 Å². The maximum Gasteiger partial charge on any atom is 0.540 e. The van der Waals surface area contributed by atoms with E-state index in [1.807, 2.05) is 0 Å². The summed E-state index contributed by atoms with van der Waals surface area (Å²) >= 11 is 0. The van der Waals surface area contributed by atoms with Crippen LogP contribution in [0.4, 0.5) is 0 Å². The molecule has 4 heteroatoms. The predicted octanol–water partition coefficient (Wildman–Crippen LogP) is 1.31. The molecule has 0 saturated carbocycles. The molecule has 74 valence electrons. The minimum Gasteiger partial charge on any atom is -0.379 e. The van der Waals surface area contributed by atoms with E-state index in [1.165, 1.54) is 0 Å². The molecule has 0 atom stereocenters. The summed E-state index contributed by atoms with van der Waals surface area (Å²) in [7, 11) is 0. The number of amides is 1. The van der Waals surface area contributed by atoms with Gasteiger partial charge in [-0.25, -0.2) is 0 Å². The van der Waals surface area contributed by atoms with Crippen LogP contribution < -0.4 is 0 Å². The highest BCUT2D eigenvalue weighted by Gasteiger charge is 2.08. The summed E-state index contributed by atoms with van der Waals surface area (Å²) in [5.74, 6) is -0.450. The normalized spacial score (nSPS) is 9.54. The van der Waals surface area contributed by atoms with Crippen LogP contribution in [0.1, 0.15) is 19.8 Å². The summed E-state index contributed by atoms with van der Waals surface area (Å²) in [4.78, 5) is 13.4. The van der Waals surface area contributed by atoms with E-state index in [4.69, 9.17) is 16.0 Å². The minimum atomic E-state index is -0.450. The van der Waals surface area contributed by atoms with Crippen molar-refractivity contribution < 1.29 is 14.3 Å². The molecule has 0 heterocycles. The molecule has 0 aliphatic heterocycles. The third-order valence-corrected chi connectivity index (χ3v) is 1.38. The Bertz CT molecular complexity index is 174.